The summed E-state index contributed by atoms with van der Waals surface area (Å²) in [7, 11) is 0. The molecule has 0 aliphatic heterocycles. The van der Waals surface area contributed by atoms with Gasteiger partial charge in [0.15, 0.2) is 0 Å². The molecule has 0 amide bonds. The van der Waals surface area contributed by atoms with Crippen LogP contribution in [-0.4, -0.2) is 0 Å². The first-order valence-electron chi connectivity index (χ1n) is 18.4. The predicted molar refractivity (Wildman–Crippen MR) is 228 cm³/mol. The molecule has 12 rings (SSSR count). The zero-order valence-corrected chi connectivity index (χ0v) is 30.1. The molecule has 0 atom stereocenters. The summed E-state index contributed by atoms with van der Waals surface area (Å²) in [6, 6.07) is 58.3. The van der Waals surface area contributed by atoms with E-state index in [2.05, 4.69) is 172 Å². The van der Waals surface area contributed by atoms with Gasteiger partial charge in [-0.15, -0.1) is 11.3 Å². The Morgan fingerprint density at radius 3 is 1.77 bits per heavy atom. The van der Waals surface area contributed by atoms with Gasteiger partial charge in [0, 0.05) is 47.5 Å². The van der Waals surface area contributed by atoms with Crippen LogP contribution in [0.1, 0.15) is 25.0 Å². The second kappa shape index (κ2) is 10.4. The van der Waals surface area contributed by atoms with Gasteiger partial charge in [-0.1, -0.05) is 153 Å². The Morgan fingerprint density at radius 2 is 1.04 bits per heavy atom. The maximum absolute atomic E-state index is 6.79. The second-order valence-electron chi connectivity index (χ2n) is 15.1. The van der Waals surface area contributed by atoms with Crippen molar-refractivity contribution in [3.63, 3.8) is 0 Å². The van der Waals surface area contributed by atoms with Crippen molar-refractivity contribution in [3.8, 4) is 33.4 Å². The molecule has 0 saturated heterocycles. The largest absolute Gasteiger partial charge is 0.455 e. The quantitative estimate of drug-likeness (QED) is 0.164. The highest BCUT2D eigenvalue weighted by atomic mass is 32.1. The van der Waals surface area contributed by atoms with Crippen molar-refractivity contribution >= 4 is 85.8 Å². The minimum atomic E-state index is -0.240. The third-order valence-corrected chi connectivity index (χ3v) is 13.2. The van der Waals surface area contributed by atoms with Crippen molar-refractivity contribution in [1.82, 2.24) is 0 Å². The Labute approximate surface area is 310 Å². The van der Waals surface area contributed by atoms with Crippen molar-refractivity contribution in [2.45, 2.75) is 19.3 Å². The van der Waals surface area contributed by atoms with Crippen LogP contribution in [0.15, 0.2) is 162 Å². The molecule has 2 heteroatoms. The van der Waals surface area contributed by atoms with Crippen LogP contribution in [0.3, 0.4) is 0 Å². The molecule has 9 aromatic carbocycles. The molecule has 0 spiro atoms. The van der Waals surface area contributed by atoms with Gasteiger partial charge in [-0.05, 0) is 83.9 Å². The first-order chi connectivity index (χ1) is 26.1. The van der Waals surface area contributed by atoms with E-state index in [4.69, 9.17) is 4.42 Å². The van der Waals surface area contributed by atoms with Gasteiger partial charge in [0.1, 0.15) is 11.2 Å². The summed E-state index contributed by atoms with van der Waals surface area (Å²) in [5.74, 6) is 0. The van der Waals surface area contributed by atoms with Crippen molar-refractivity contribution in [3.05, 3.63) is 169 Å². The molecule has 1 nitrogen and oxygen atoms in total. The predicted octanol–water partition coefficient (Wildman–Crippen LogP) is 15.1. The van der Waals surface area contributed by atoms with Gasteiger partial charge in [0.05, 0.1) is 0 Å². The molecule has 0 bridgehead atoms. The van der Waals surface area contributed by atoms with E-state index in [0.717, 1.165) is 11.2 Å². The lowest BCUT2D eigenvalue weighted by molar-refractivity contribution is 0.658. The van der Waals surface area contributed by atoms with Crippen LogP contribution in [0.25, 0.3) is 108 Å². The van der Waals surface area contributed by atoms with Gasteiger partial charge < -0.3 is 4.42 Å². The van der Waals surface area contributed by atoms with Gasteiger partial charge in [0.25, 0.3) is 0 Å². The number of rotatable bonds is 2. The Balaban J connectivity index is 1.15. The fraction of sp³-hybridized carbons (Fsp3) is 0.0588. The van der Waals surface area contributed by atoms with Crippen LogP contribution < -0.4 is 0 Å². The molecule has 2 heterocycles. The number of benzene rings is 9. The lowest BCUT2D eigenvalue weighted by atomic mass is 9.78. The van der Waals surface area contributed by atoms with E-state index < -0.39 is 0 Å². The first-order valence-corrected chi connectivity index (χ1v) is 19.3. The summed E-state index contributed by atoms with van der Waals surface area (Å²) in [4.78, 5) is 0. The fourth-order valence-electron chi connectivity index (χ4n) is 9.81. The van der Waals surface area contributed by atoms with E-state index in [1.54, 1.807) is 0 Å². The van der Waals surface area contributed by atoms with E-state index >= 15 is 0 Å². The van der Waals surface area contributed by atoms with E-state index in [1.807, 2.05) is 11.3 Å². The highest BCUT2D eigenvalue weighted by Gasteiger charge is 2.40. The highest BCUT2D eigenvalue weighted by Crippen LogP contribution is 2.57. The van der Waals surface area contributed by atoms with Gasteiger partial charge in [-0.3, -0.25) is 0 Å². The van der Waals surface area contributed by atoms with Crippen LogP contribution in [0, 0.1) is 0 Å². The molecule has 0 unspecified atom stereocenters. The summed E-state index contributed by atoms with van der Waals surface area (Å²) >= 11 is 1.90. The molecule has 1 aliphatic rings. The molecule has 2 aromatic heterocycles. The fourth-order valence-corrected chi connectivity index (χ4v) is 11.0. The molecule has 1 aliphatic carbocycles. The average molecular weight is 693 g/mol. The second-order valence-corrected chi connectivity index (χ2v) is 16.2. The minimum absolute atomic E-state index is 0.240. The Morgan fingerprint density at radius 1 is 0.453 bits per heavy atom. The molecule has 0 radical (unpaired) electrons. The number of para-hydroxylation sites is 1. The average Bonchev–Trinajstić information content (AvgIpc) is 3.85. The van der Waals surface area contributed by atoms with Crippen LogP contribution in [0.2, 0.25) is 0 Å². The third kappa shape index (κ3) is 3.81. The topological polar surface area (TPSA) is 13.1 Å². The van der Waals surface area contributed by atoms with Crippen molar-refractivity contribution in [2.24, 2.45) is 0 Å². The summed E-state index contributed by atoms with van der Waals surface area (Å²) < 4.78 is 9.46. The maximum Gasteiger partial charge on any atom is 0.144 e. The zero-order chi connectivity index (χ0) is 35.0. The van der Waals surface area contributed by atoms with Crippen LogP contribution in [0.5, 0.6) is 0 Å². The monoisotopic (exact) mass is 692 g/mol. The molecule has 0 fully saturated rings. The van der Waals surface area contributed by atoms with Crippen molar-refractivity contribution < 1.29 is 4.42 Å². The zero-order valence-electron chi connectivity index (χ0n) is 29.3. The lowest BCUT2D eigenvalue weighted by Gasteiger charge is -2.24. The van der Waals surface area contributed by atoms with Crippen molar-refractivity contribution in [1.29, 1.82) is 0 Å². The lowest BCUT2D eigenvalue weighted by Crippen LogP contribution is -2.15. The number of hydrogen-bond donors (Lipinski definition) is 0. The van der Waals surface area contributed by atoms with Crippen LogP contribution in [-0.2, 0) is 5.41 Å². The Hall–Kier alpha value is -6.22. The SMILES string of the molecule is CC1(C)c2cc(-c3c4ccccc4c(-c4cccc5c4sc4ccccc45)c4ccccc34)ccc2-c2c1c1ccccc1c1c2oc2ccccc21. The molecule has 11 aromatic rings. The smallest absolute Gasteiger partial charge is 0.144 e. The van der Waals surface area contributed by atoms with E-state index in [0.29, 0.717) is 0 Å². The molecule has 248 valence electrons. The summed E-state index contributed by atoms with van der Waals surface area (Å²) in [6.45, 7) is 4.79. The van der Waals surface area contributed by atoms with Gasteiger partial charge in [0.2, 0.25) is 0 Å². The minimum Gasteiger partial charge on any atom is -0.455 e. The van der Waals surface area contributed by atoms with Crippen LogP contribution >= 0.6 is 11.3 Å². The highest BCUT2D eigenvalue weighted by molar-refractivity contribution is 7.26. The van der Waals surface area contributed by atoms with Crippen molar-refractivity contribution in [2.75, 3.05) is 0 Å². The standard InChI is InChI=1S/C51H32OS/c1-51(2)41-28-29(26-27-38(41)47-48(51)36-20-8-7-19-35(36)46-39-21-9-11-24-42(39)52-49(46)47)44-31-15-3-5-17-33(31)45(34-18-6-4-16-32(34)44)40-23-13-22-37-30-14-10-12-25-43(30)53-50(37)40/h3-28H,1-2H3. The third-order valence-electron chi connectivity index (χ3n) is 12.0. The molecular formula is C51H32OS. The molecule has 0 N–H and O–H groups in total. The van der Waals surface area contributed by atoms with E-state index in [9.17, 15) is 0 Å². The molecular weight excluding hydrogens is 661 g/mol. The number of hydrogen-bond acceptors (Lipinski definition) is 2. The summed E-state index contributed by atoms with van der Waals surface area (Å²) in [6.07, 6.45) is 0. The van der Waals surface area contributed by atoms with Gasteiger partial charge >= 0.3 is 0 Å². The molecule has 0 saturated carbocycles. The number of thiophene rings is 1. The summed E-state index contributed by atoms with van der Waals surface area (Å²) in [5, 5.41) is 12.7. The Kier molecular flexibility index (Phi) is 5.78. The first kappa shape index (κ1) is 29.4. The van der Waals surface area contributed by atoms with E-state index in [1.165, 1.54) is 108 Å². The summed E-state index contributed by atoms with van der Waals surface area (Å²) in [5.41, 5.74) is 12.0. The van der Waals surface area contributed by atoms with Crippen LogP contribution in [0.4, 0.5) is 0 Å². The number of furan rings is 1. The number of fused-ring (bicyclic) bond motifs is 15. The van der Waals surface area contributed by atoms with Gasteiger partial charge in [-0.25, -0.2) is 0 Å². The maximum atomic E-state index is 6.79. The normalized spacial score (nSPS) is 13.6. The van der Waals surface area contributed by atoms with Gasteiger partial charge in [-0.2, -0.15) is 0 Å². The molecule has 53 heavy (non-hydrogen) atoms. The Bertz CT molecular complexity index is 3320. The van der Waals surface area contributed by atoms with E-state index in [-0.39, 0.29) is 5.41 Å².